The average molecular weight is 898 g/mol. The van der Waals surface area contributed by atoms with Crippen LogP contribution in [0.2, 0.25) is 10.6 Å². The summed E-state index contributed by atoms with van der Waals surface area (Å²) < 4.78 is 81.6. The van der Waals surface area contributed by atoms with E-state index in [2.05, 4.69) is 25.3 Å². The number of rotatable bonds is 7. The number of ether oxygens (including phenoxy) is 1. The second-order valence-corrected chi connectivity index (χ2v) is 17.5. The van der Waals surface area contributed by atoms with E-state index in [1.807, 2.05) is 0 Å². The van der Waals surface area contributed by atoms with E-state index in [9.17, 15) is 41.4 Å². The molecular weight excluding hydrogens is 857 g/mol. The summed E-state index contributed by atoms with van der Waals surface area (Å²) in [6.45, 7) is 5.26. The standard InChI is InChI=1S/C19H24ClF3N4O3S.C14H16ClF3N4OS.ClH/c1-18(2,3)30-17(29)24-9-5-12(13(28)6-9)27(4)14-11-7-10(8-19(21,22)23)31-15(11)26-16(20)25-14;1-22(9-2-6(19)3-10(9)23)11-8-4-7(5-14(16,17)18)24-12(8)21-13(15)20-11;/h7,9,12-13,28H,5-6,8H2,1-4H3,(H,24,29);4,6,9-10,23H,2-3,5,19H2,1H3;1H/t9-,12+,13-;6-,9+,10-;/m11./s1. The third-order valence-corrected chi connectivity index (χ3v) is 11.4. The molecular formula is C33H41Cl3F6N8O4S2. The Morgan fingerprint density at radius 2 is 1.25 bits per heavy atom. The molecule has 2 fully saturated rings. The second-order valence-electron chi connectivity index (χ2n) is 14.6. The molecule has 2 aliphatic carbocycles. The van der Waals surface area contributed by atoms with Crippen molar-refractivity contribution < 1.29 is 46.1 Å². The second kappa shape index (κ2) is 17.6. The summed E-state index contributed by atoms with van der Waals surface area (Å²) >= 11 is 13.8. The Balaban J connectivity index is 0.000000252. The van der Waals surface area contributed by atoms with Crippen LogP contribution in [0.4, 0.5) is 42.8 Å². The number of aliphatic hydroxyl groups is 2. The molecule has 5 N–H and O–H groups in total. The van der Waals surface area contributed by atoms with Crippen LogP contribution in [0, 0.1) is 0 Å². The van der Waals surface area contributed by atoms with Crippen molar-refractivity contribution in [1.82, 2.24) is 25.3 Å². The molecule has 0 unspecified atom stereocenters. The Labute approximate surface area is 342 Å². The first-order chi connectivity index (χ1) is 25.4. The number of nitrogens with one attached hydrogen (secondary N) is 1. The van der Waals surface area contributed by atoms with Gasteiger partial charge in [0.25, 0.3) is 0 Å². The molecule has 0 radical (unpaired) electrons. The molecule has 23 heteroatoms. The van der Waals surface area contributed by atoms with Crippen LogP contribution in [0.15, 0.2) is 12.1 Å². The number of alkyl halides is 6. The van der Waals surface area contributed by atoms with Gasteiger partial charge in [-0.2, -0.15) is 36.3 Å². The van der Waals surface area contributed by atoms with Crippen molar-refractivity contribution in [2.45, 2.75) is 114 Å². The highest BCUT2D eigenvalue weighted by atomic mass is 35.5. The highest BCUT2D eigenvalue weighted by Crippen LogP contribution is 2.39. The van der Waals surface area contributed by atoms with Gasteiger partial charge in [0.15, 0.2) is 0 Å². The van der Waals surface area contributed by atoms with Gasteiger partial charge in [-0.05, 0) is 81.8 Å². The summed E-state index contributed by atoms with van der Waals surface area (Å²) in [7, 11) is 3.41. The molecule has 1 amide bonds. The monoisotopic (exact) mass is 896 g/mol. The van der Waals surface area contributed by atoms with Crippen LogP contribution in [-0.4, -0.2) is 105 Å². The summed E-state index contributed by atoms with van der Waals surface area (Å²) in [5, 5.41) is 24.3. The largest absolute Gasteiger partial charge is 0.444 e. The van der Waals surface area contributed by atoms with Gasteiger partial charge in [-0.25, -0.2) is 14.8 Å². The zero-order valence-electron chi connectivity index (χ0n) is 30.6. The molecule has 0 aromatic carbocycles. The normalized spacial score (nSPS) is 22.8. The Bertz CT molecular complexity index is 2000. The Morgan fingerprint density at radius 3 is 1.64 bits per heavy atom. The van der Waals surface area contributed by atoms with Gasteiger partial charge >= 0.3 is 18.4 Å². The number of aliphatic hydroxyl groups excluding tert-OH is 2. The molecule has 0 saturated heterocycles. The van der Waals surface area contributed by atoms with E-state index in [1.165, 1.54) is 12.1 Å². The number of hydrogen-bond acceptors (Lipinski definition) is 13. The molecule has 0 spiro atoms. The highest BCUT2D eigenvalue weighted by molar-refractivity contribution is 7.19. The fraction of sp³-hybridized carbons (Fsp3) is 0.606. The predicted molar refractivity (Wildman–Crippen MR) is 208 cm³/mol. The van der Waals surface area contributed by atoms with Gasteiger partial charge in [0.1, 0.15) is 26.9 Å². The van der Waals surface area contributed by atoms with Gasteiger partial charge in [-0.1, -0.05) is 0 Å². The lowest BCUT2D eigenvalue weighted by molar-refractivity contribution is -0.127. The fourth-order valence-corrected chi connectivity index (χ4v) is 9.27. The lowest BCUT2D eigenvalue weighted by atomic mass is 10.1. The Kier molecular flexibility index (Phi) is 14.5. The number of nitrogens with two attached hydrogens (primary N) is 1. The minimum absolute atomic E-state index is 0. The third-order valence-electron chi connectivity index (χ3n) is 8.95. The summed E-state index contributed by atoms with van der Waals surface area (Å²) in [5.74, 6) is 0.745. The van der Waals surface area contributed by atoms with E-state index in [0.717, 1.165) is 22.7 Å². The lowest BCUT2D eigenvalue weighted by Crippen LogP contribution is -2.40. The number of aromatic nitrogens is 4. The molecule has 312 valence electrons. The first-order valence-corrected chi connectivity index (χ1v) is 19.4. The van der Waals surface area contributed by atoms with Crippen molar-refractivity contribution in [2.75, 3.05) is 23.9 Å². The number of nitrogens with zero attached hydrogens (tertiary/aromatic N) is 6. The number of fused-ring (bicyclic) bond motifs is 2. The van der Waals surface area contributed by atoms with Crippen LogP contribution in [0.3, 0.4) is 0 Å². The van der Waals surface area contributed by atoms with Gasteiger partial charge < -0.3 is 35.8 Å². The van der Waals surface area contributed by atoms with E-state index >= 15 is 0 Å². The number of carbonyl (C=O) groups excluding carboxylic acids is 1. The van der Waals surface area contributed by atoms with Crippen molar-refractivity contribution in [3.05, 3.63) is 32.5 Å². The van der Waals surface area contributed by atoms with Gasteiger partial charge in [-0.15, -0.1) is 35.1 Å². The molecule has 0 aliphatic heterocycles. The number of thiophene rings is 2. The van der Waals surface area contributed by atoms with Crippen LogP contribution in [0.25, 0.3) is 20.4 Å². The van der Waals surface area contributed by atoms with Crippen molar-refractivity contribution in [3.8, 4) is 0 Å². The molecule has 4 aromatic heterocycles. The first-order valence-electron chi connectivity index (χ1n) is 17.0. The van der Waals surface area contributed by atoms with Crippen molar-refractivity contribution in [1.29, 1.82) is 0 Å². The smallest absolute Gasteiger partial charge is 0.407 e. The fourth-order valence-electron chi connectivity index (χ4n) is 6.73. The molecule has 6 atom stereocenters. The number of likely N-dealkylation sites (N-methyl/N-ethyl adjacent to an activating group) is 2. The summed E-state index contributed by atoms with van der Waals surface area (Å²) in [6, 6.07) is 1.71. The zero-order chi connectivity index (χ0) is 40.8. The maximum Gasteiger partial charge on any atom is 0.407 e. The average Bonchev–Trinajstić information content (AvgIpc) is 3.77. The summed E-state index contributed by atoms with van der Waals surface area (Å²) in [6.07, 6.45) is -11.0. The maximum absolute atomic E-state index is 12.8. The number of anilines is 2. The molecule has 4 aromatic rings. The van der Waals surface area contributed by atoms with Crippen molar-refractivity contribution >= 4 is 96.4 Å². The van der Waals surface area contributed by atoms with Crippen LogP contribution in [-0.2, 0) is 17.6 Å². The Hall–Kier alpha value is -2.72. The molecule has 4 heterocycles. The first kappa shape index (κ1) is 46.0. The van der Waals surface area contributed by atoms with Gasteiger partial charge in [0.05, 0.1) is 47.9 Å². The van der Waals surface area contributed by atoms with Crippen molar-refractivity contribution in [3.63, 3.8) is 0 Å². The molecule has 12 nitrogen and oxygen atoms in total. The quantitative estimate of drug-likeness (QED) is 0.108. The lowest BCUT2D eigenvalue weighted by Gasteiger charge is -2.28. The van der Waals surface area contributed by atoms with Gasteiger partial charge in [-0.3, -0.25) is 0 Å². The van der Waals surface area contributed by atoms with Crippen LogP contribution < -0.4 is 20.9 Å². The van der Waals surface area contributed by atoms with E-state index in [-0.39, 0.29) is 50.9 Å². The van der Waals surface area contributed by atoms with E-state index in [1.54, 1.807) is 44.7 Å². The number of carbonyl (C=O) groups is 1. The molecule has 2 aliphatic rings. The molecule has 2 saturated carbocycles. The number of amides is 1. The number of hydrogen-bond donors (Lipinski definition) is 4. The Morgan fingerprint density at radius 1 is 0.821 bits per heavy atom. The van der Waals surface area contributed by atoms with Crippen molar-refractivity contribution in [2.24, 2.45) is 5.73 Å². The van der Waals surface area contributed by atoms with Gasteiger partial charge in [0, 0.05) is 35.9 Å². The van der Waals surface area contributed by atoms with E-state index in [4.69, 9.17) is 33.7 Å². The highest BCUT2D eigenvalue weighted by Gasteiger charge is 2.39. The molecule has 0 bridgehead atoms. The number of alkyl carbamates (subject to hydrolysis) is 1. The molecule has 6 rings (SSSR count). The van der Waals surface area contributed by atoms with Crippen LogP contribution in [0.1, 0.15) is 56.2 Å². The minimum Gasteiger partial charge on any atom is -0.444 e. The van der Waals surface area contributed by atoms with Crippen LogP contribution in [0.5, 0.6) is 0 Å². The minimum atomic E-state index is -4.34. The topological polar surface area (TPSA) is 163 Å². The predicted octanol–water partition coefficient (Wildman–Crippen LogP) is 7.46. The third kappa shape index (κ3) is 11.9. The zero-order valence-corrected chi connectivity index (χ0v) is 34.5. The summed E-state index contributed by atoms with van der Waals surface area (Å²) in [4.78, 5) is 32.9. The van der Waals surface area contributed by atoms with E-state index < -0.39 is 55.1 Å². The molecule has 56 heavy (non-hydrogen) atoms. The maximum atomic E-state index is 12.8. The SMILES string of the molecule is CN(c1nc(Cl)nc2sc(CC(F)(F)F)cc12)[C@H]1C[C@@H](N)C[C@H]1O.CN(c1nc(Cl)nc2sc(CC(F)(F)F)cc12)[C@H]1C[C@@H](NC(=O)OC(C)(C)C)C[C@H]1O.Cl. The number of halogens is 9. The summed E-state index contributed by atoms with van der Waals surface area (Å²) in [5.41, 5.74) is 5.23. The van der Waals surface area contributed by atoms with Gasteiger partial charge in [0.2, 0.25) is 10.6 Å². The van der Waals surface area contributed by atoms with Crippen LogP contribution >= 0.6 is 58.3 Å². The van der Waals surface area contributed by atoms with E-state index in [0.29, 0.717) is 57.8 Å².